The van der Waals surface area contributed by atoms with Crippen LogP contribution < -0.4 is 5.73 Å². The summed E-state index contributed by atoms with van der Waals surface area (Å²) in [5.74, 6) is 0. The SMILES string of the molecule is CC(N)C1=CN(C(C)O)C1. The molecule has 1 heterocycles. The van der Waals surface area contributed by atoms with E-state index in [0.717, 1.165) is 6.54 Å². The molecule has 0 radical (unpaired) electrons. The molecule has 0 saturated carbocycles. The van der Waals surface area contributed by atoms with Crippen LogP contribution in [-0.4, -0.2) is 28.8 Å². The van der Waals surface area contributed by atoms with Crippen molar-refractivity contribution in [3.63, 3.8) is 0 Å². The third-order valence-corrected chi connectivity index (χ3v) is 1.76. The normalized spacial score (nSPS) is 23.2. The lowest BCUT2D eigenvalue weighted by molar-refractivity contribution is 0.0449. The van der Waals surface area contributed by atoms with Crippen molar-refractivity contribution in [2.45, 2.75) is 26.1 Å². The van der Waals surface area contributed by atoms with Crippen LogP contribution in [0.5, 0.6) is 0 Å². The van der Waals surface area contributed by atoms with Gasteiger partial charge in [-0.3, -0.25) is 0 Å². The molecule has 3 nitrogen and oxygen atoms in total. The summed E-state index contributed by atoms with van der Waals surface area (Å²) < 4.78 is 0. The molecule has 1 aliphatic heterocycles. The fraction of sp³-hybridized carbons (Fsp3) is 0.714. The lowest BCUT2D eigenvalue weighted by Crippen LogP contribution is -2.42. The van der Waals surface area contributed by atoms with Gasteiger partial charge in [-0.1, -0.05) is 0 Å². The summed E-state index contributed by atoms with van der Waals surface area (Å²) in [6, 6.07) is 0.134. The van der Waals surface area contributed by atoms with Gasteiger partial charge >= 0.3 is 0 Å². The molecule has 0 aromatic carbocycles. The molecular formula is C7H14N2O. The molecule has 0 aromatic heterocycles. The lowest BCUT2D eigenvalue weighted by Gasteiger charge is -2.35. The van der Waals surface area contributed by atoms with Crippen molar-refractivity contribution in [1.29, 1.82) is 0 Å². The molecule has 1 aliphatic rings. The summed E-state index contributed by atoms with van der Waals surface area (Å²) >= 11 is 0. The van der Waals surface area contributed by atoms with Gasteiger partial charge in [0.25, 0.3) is 0 Å². The van der Waals surface area contributed by atoms with E-state index in [0.29, 0.717) is 0 Å². The van der Waals surface area contributed by atoms with E-state index in [2.05, 4.69) is 0 Å². The standard InChI is InChI=1S/C7H14N2O/c1-5(8)7-3-9(4-7)6(2)10/h3,5-6,10H,4,8H2,1-2H3. The van der Waals surface area contributed by atoms with E-state index in [4.69, 9.17) is 10.8 Å². The molecule has 58 valence electrons. The summed E-state index contributed by atoms with van der Waals surface area (Å²) in [5.41, 5.74) is 6.79. The van der Waals surface area contributed by atoms with Crippen molar-refractivity contribution >= 4 is 0 Å². The summed E-state index contributed by atoms with van der Waals surface area (Å²) in [4.78, 5) is 1.85. The summed E-state index contributed by atoms with van der Waals surface area (Å²) in [5, 5.41) is 9.01. The van der Waals surface area contributed by atoms with E-state index >= 15 is 0 Å². The second-order valence-electron chi connectivity index (χ2n) is 2.80. The molecule has 0 spiro atoms. The van der Waals surface area contributed by atoms with Crippen molar-refractivity contribution in [2.24, 2.45) is 5.73 Å². The Balaban J connectivity index is 2.40. The van der Waals surface area contributed by atoms with Gasteiger partial charge in [0.2, 0.25) is 0 Å². The molecule has 3 heteroatoms. The second kappa shape index (κ2) is 2.60. The van der Waals surface area contributed by atoms with Crippen LogP contribution in [-0.2, 0) is 0 Å². The van der Waals surface area contributed by atoms with Gasteiger partial charge in [-0.2, -0.15) is 0 Å². The Labute approximate surface area is 61.1 Å². The Morgan fingerprint density at radius 3 is 2.50 bits per heavy atom. The molecule has 0 saturated heterocycles. The van der Waals surface area contributed by atoms with Gasteiger partial charge < -0.3 is 15.7 Å². The number of aliphatic hydroxyl groups is 1. The second-order valence-corrected chi connectivity index (χ2v) is 2.80. The molecular weight excluding hydrogens is 128 g/mol. The van der Waals surface area contributed by atoms with Gasteiger partial charge in [-0.05, 0) is 19.4 Å². The number of nitrogens with two attached hydrogens (primary N) is 1. The Bertz CT molecular complexity index is 152. The average Bonchev–Trinajstić information content (AvgIpc) is 1.56. The van der Waals surface area contributed by atoms with E-state index in [1.165, 1.54) is 5.57 Å². The molecule has 0 aliphatic carbocycles. The third kappa shape index (κ3) is 1.30. The zero-order chi connectivity index (χ0) is 7.72. The highest BCUT2D eigenvalue weighted by molar-refractivity contribution is 5.19. The quantitative estimate of drug-likeness (QED) is 0.564. The minimum absolute atomic E-state index is 0.134. The Morgan fingerprint density at radius 2 is 2.20 bits per heavy atom. The first-order valence-corrected chi connectivity index (χ1v) is 3.51. The highest BCUT2D eigenvalue weighted by atomic mass is 16.3. The topological polar surface area (TPSA) is 49.5 Å². The van der Waals surface area contributed by atoms with E-state index < -0.39 is 0 Å². The van der Waals surface area contributed by atoms with Gasteiger partial charge in [-0.25, -0.2) is 0 Å². The first-order chi connectivity index (χ1) is 4.61. The van der Waals surface area contributed by atoms with Crippen LogP contribution in [0.3, 0.4) is 0 Å². The van der Waals surface area contributed by atoms with Crippen LogP contribution in [0.1, 0.15) is 13.8 Å². The molecule has 2 atom stereocenters. The fourth-order valence-electron chi connectivity index (χ4n) is 0.899. The summed E-state index contributed by atoms with van der Waals surface area (Å²) in [6.07, 6.45) is 1.54. The van der Waals surface area contributed by atoms with E-state index in [9.17, 15) is 0 Å². The zero-order valence-electron chi connectivity index (χ0n) is 6.41. The maximum Gasteiger partial charge on any atom is 0.123 e. The molecule has 10 heavy (non-hydrogen) atoms. The number of nitrogens with zero attached hydrogens (tertiary/aromatic N) is 1. The van der Waals surface area contributed by atoms with Crippen LogP contribution >= 0.6 is 0 Å². The summed E-state index contributed by atoms with van der Waals surface area (Å²) in [7, 11) is 0. The minimum atomic E-state index is -0.373. The fourth-order valence-corrected chi connectivity index (χ4v) is 0.899. The van der Waals surface area contributed by atoms with Crippen LogP contribution in [0, 0.1) is 0 Å². The molecule has 0 bridgehead atoms. The molecule has 3 N–H and O–H groups in total. The largest absolute Gasteiger partial charge is 0.374 e. The Morgan fingerprint density at radius 1 is 1.70 bits per heavy atom. The highest BCUT2D eigenvalue weighted by Gasteiger charge is 2.20. The first-order valence-electron chi connectivity index (χ1n) is 3.51. The molecule has 1 rings (SSSR count). The van der Waals surface area contributed by atoms with Crippen LogP contribution in [0.4, 0.5) is 0 Å². The van der Waals surface area contributed by atoms with Crippen LogP contribution in [0.2, 0.25) is 0 Å². The highest BCUT2D eigenvalue weighted by Crippen LogP contribution is 2.17. The molecule has 0 aromatic rings. The molecule has 0 amide bonds. The zero-order valence-corrected chi connectivity index (χ0v) is 6.41. The van der Waals surface area contributed by atoms with Gasteiger partial charge in [0.15, 0.2) is 0 Å². The molecule has 0 fully saturated rings. The van der Waals surface area contributed by atoms with Crippen LogP contribution in [0.15, 0.2) is 11.8 Å². The van der Waals surface area contributed by atoms with Gasteiger partial charge in [0, 0.05) is 18.8 Å². The predicted octanol–water partition coefficient (Wildman–Crippen LogP) is -0.129. The van der Waals surface area contributed by atoms with Crippen molar-refractivity contribution in [1.82, 2.24) is 4.90 Å². The molecule has 2 unspecified atom stereocenters. The van der Waals surface area contributed by atoms with Crippen molar-refractivity contribution in [2.75, 3.05) is 6.54 Å². The predicted molar refractivity (Wildman–Crippen MR) is 40.1 cm³/mol. The van der Waals surface area contributed by atoms with E-state index in [1.807, 2.05) is 18.0 Å². The van der Waals surface area contributed by atoms with Gasteiger partial charge in [-0.15, -0.1) is 0 Å². The maximum absolute atomic E-state index is 9.01. The lowest BCUT2D eigenvalue weighted by atomic mass is 10.1. The van der Waals surface area contributed by atoms with Gasteiger partial charge in [0.05, 0.1) is 0 Å². The summed E-state index contributed by atoms with van der Waals surface area (Å²) in [6.45, 7) is 4.51. The smallest absolute Gasteiger partial charge is 0.123 e. The minimum Gasteiger partial charge on any atom is -0.374 e. The number of rotatable bonds is 2. The maximum atomic E-state index is 9.01. The first kappa shape index (κ1) is 7.57. The monoisotopic (exact) mass is 142 g/mol. The number of hydrogen-bond donors (Lipinski definition) is 2. The van der Waals surface area contributed by atoms with Gasteiger partial charge in [0.1, 0.15) is 6.23 Å². The Hall–Kier alpha value is -0.540. The van der Waals surface area contributed by atoms with E-state index in [-0.39, 0.29) is 12.3 Å². The number of aliphatic hydroxyl groups excluding tert-OH is 1. The Kier molecular flexibility index (Phi) is 1.97. The van der Waals surface area contributed by atoms with Crippen LogP contribution in [0.25, 0.3) is 0 Å². The third-order valence-electron chi connectivity index (χ3n) is 1.76. The number of hydrogen-bond acceptors (Lipinski definition) is 3. The average molecular weight is 142 g/mol. The van der Waals surface area contributed by atoms with Crippen molar-refractivity contribution in [3.8, 4) is 0 Å². The van der Waals surface area contributed by atoms with E-state index in [1.54, 1.807) is 6.92 Å². The van der Waals surface area contributed by atoms with Crippen molar-refractivity contribution < 1.29 is 5.11 Å². The van der Waals surface area contributed by atoms with Crippen molar-refractivity contribution in [3.05, 3.63) is 11.8 Å².